The van der Waals surface area contributed by atoms with Gasteiger partial charge in [-0.3, -0.25) is 15.0 Å². The summed E-state index contributed by atoms with van der Waals surface area (Å²) in [7, 11) is 0. The predicted octanol–water partition coefficient (Wildman–Crippen LogP) is 3.81. The lowest BCUT2D eigenvalue weighted by molar-refractivity contribution is -0.157. The number of nitrogens with zero attached hydrogens (tertiary/aromatic N) is 2. The van der Waals surface area contributed by atoms with Crippen LogP contribution in [-0.2, 0) is 9.53 Å². The van der Waals surface area contributed by atoms with Crippen LogP contribution < -0.4 is 10.9 Å². The van der Waals surface area contributed by atoms with Crippen molar-refractivity contribution in [1.29, 1.82) is 0 Å². The number of piperazine rings is 1. The van der Waals surface area contributed by atoms with Crippen molar-refractivity contribution in [3.63, 3.8) is 0 Å². The number of carbonyl (C=O) groups is 2. The van der Waals surface area contributed by atoms with Gasteiger partial charge in [0.1, 0.15) is 6.10 Å². The van der Waals surface area contributed by atoms with E-state index in [9.17, 15) is 9.59 Å². The minimum Gasteiger partial charge on any atom is -0.368 e. The molecule has 5 fully saturated rings. The SMILES string of the molecule is O=C(c1ccc(C2NNC3(C4CCCCCC4)CCCCC23)cc1)N1CCN(C(=O)C2CCO2)CC1. The number of rotatable bonds is 4. The van der Waals surface area contributed by atoms with Crippen LogP contribution in [0.4, 0.5) is 0 Å². The Balaban J connectivity index is 1.10. The van der Waals surface area contributed by atoms with Gasteiger partial charge in [0.25, 0.3) is 11.8 Å². The van der Waals surface area contributed by atoms with Gasteiger partial charge in [-0.15, -0.1) is 0 Å². The van der Waals surface area contributed by atoms with Crippen molar-refractivity contribution in [3.05, 3.63) is 35.4 Å². The molecule has 0 spiro atoms. The molecule has 4 unspecified atom stereocenters. The molecule has 196 valence electrons. The summed E-state index contributed by atoms with van der Waals surface area (Å²) in [6.45, 7) is 3.02. The molecule has 2 aliphatic carbocycles. The highest BCUT2D eigenvalue weighted by Gasteiger charge is 2.53. The first-order valence-corrected chi connectivity index (χ1v) is 14.5. The van der Waals surface area contributed by atoms with Gasteiger partial charge < -0.3 is 14.5 Å². The fourth-order valence-corrected chi connectivity index (χ4v) is 7.66. The first-order valence-electron chi connectivity index (χ1n) is 14.5. The Morgan fingerprint density at radius 1 is 0.833 bits per heavy atom. The summed E-state index contributed by atoms with van der Waals surface area (Å²) in [5.74, 6) is 1.53. The summed E-state index contributed by atoms with van der Waals surface area (Å²) in [5.41, 5.74) is 9.85. The van der Waals surface area contributed by atoms with Crippen molar-refractivity contribution in [3.8, 4) is 0 Å². The first kappa shape index (κ1) is 24.4. The number of hydrogen-bond donors (Lipinski definition) is 2. The van der Waals surface area contributed by atoms with Gasteiger partial charge in [0, 0.05) is 43.7 Å². The van der Waals surface area contributed by atoms with E-state index in [1.165, 1.54) is 69.8 Å². The van der Waals surface area contributed by atoms with E-state index in [1.807, 2.05) is 21.9 Å². The molecule has 2 amide bonds. The van der Waals surface area contributed by atoms with Crippen LogP contribution in [0.15, 0.2) is 24.3 Å². The van der Waals surface area contributed by atoms with Gasteiger partial charge in [0.15, 0.2) is 0 Å². The van der Waals surface area contributed by atoms with Gasteiger partial charge >= 0.3 is 0 Å². The zero-order valence-electron chi connectivity index (χ0n) is 21.6. The van der Waals surface area contributed by atoms with E-state index in [0.717, 1.165) is 17.9 Å². The van der Waals surface area contributed by atoms with E-state index in [0.29, 0.717) is 44.7 Å². The fraction of sp³-hybridized carbons (Fsp3) is 0.724. The number of fused-ring (bicyclic) bond motifs is 1. The van der Waals surface area contributed by atoms with Crippen molar-refractivity contribution in [2.24, 2.45) is 11.8 Å². The third-order valence-electron chi connectivity index (χ3n) is 9.83. The molecule has 36 heavy (non-hydrogen) atoms. The minimum atomic E-state index is -0.260. The molecule has 1 aromatic rings. The van der Waals surface area contributed by atoms with Crippen LogP contribution in [0.3, 0.4) is 0 Å². The monoisotopic (exact) mass is 494 g/mol. The third-order valence-corrected chi connectivity index (χ3v) is 9.83. The van der Waals surface area contributed by atoms with Gasteiger partial charge in [0.05, 0.1) is 12.6 Å². The highest BCUT2D eigenvalue weighted by Crippen LogP contribution is 2.51. The summed E-state index contributed by atoms with van der Waals surface area (Å²) < 4.78 is 5.34. The summed E-state index contributed by atoms with van der Waals surface area (Å²) in [6.07, 6.45) is 14.0. The largest absolute Gasteiger partial charge is 0.368 e. The van der Waals surface area contributed by atoms with Crippen LogP contribution in [0.2, 0.25) is 0 Å². The van der Waals surface area contributed by atoms with E-state index >= 15 is 0 Å². The molecular weight excluding hydrogens is 452 g/mol. The smallest absolute Gasteiger partial charge is 0.253 e. The van der Waals surface area contributed by atoms with Crippen LogP contribution in [0.1, 0.15) is 92.6 Å². The molecule has 7 heteroatoms. The normalized spacial score (nSPS) is 33.5. The molecule has 7 nitrogen and oxygen atoms in total. The van der Waals surface area contributed by atoms with Crippen LogP contribution in [-0.4, -0.2) is 66.0 Å². The highest BCUT2D eigenvalue weighted by atomic mass is 16.5. The Morgan fingerprint density at radius 3 is 2.17 bits per heavy atom. The maximum absolute atomic E-state index is 13.2. The molecule has 0 aromatic heterocycles. The van der Waals surface area contributed by atoms with Crippen LogP contribution >= 0.6 is 0 Å². The predicted molar refractivity (Wildman–Crippen MR) is 138 cm³/mol. The van der Waals surface area contributed by atoms with Crippen molar-refractivity contribution < 1.29 is 14.3 Å². The number of amides is 2. The van der Waals surface area contributed by atoms with Gasteiger partial charge in [-0.25, -0.2) is 5.43 Å². The number of hydrazine groups is 1. The average Bonchev–Trinajstić information content (AvgIpc) is 3.07. The molecule has 0 bridgehead atoms. The van der Waals surface area contributed by atoms with Crippen molar-refractivity contribution in [1.82, 2.24) is 20.7 Å². The second-order valence-corrected chi connectivity index (χ2v) is 11.7. The highest BCUT2D eigenvalue weighted by molar-refractivity contribution is 5.94. The van der Waals surface area contributed by atoms with E-state index in [-0.39, 0.29) is 23.5 Å². The van der Waals surface area contributed by atoms with Crippen molar-refractivity contribution in [2.45, 2.75) is 88.3 Å². The van der Waals surface area contributed by atoms with E-state index in [4.69, 9.17) is 4.74 Å². The van der Waals surface area contributed by atoms with E-state index in [2.05, 4.69) is 23.0 Å². The number of hydrogen-bond acceptors (Lipinski definition) is 5. The Labute approximate surface area is 215 Å². The van der Waals surface area contributed by atoms with E-state index in [1.54, 1.807) is 0 Å². The summed E-state index contributed by atoms with van der Waals surface area (Å²) >= 11 is 0. The molecule has 3 heterocycles. The Kier molecular flexibility index (Phi) is 7.06. The molecule has 6 rings (SSSR count). The summed E-state index contributed by atoms with van der Waals surface area (Å²) in [5, 5.41) is 0. The first-order chi connectivity index (χ1) is 17.7. The third kappa shape index (κ3) is 4.48. The van der Waals surface area contributed by atoms with Gasteiger partial charge in [-0.05, 0) is 55.2 Å². The van der Waals surface area contributed by atoms with Crippen LogP contribution in [0.5, 0.6) is 0 Å². The summed E-state index contributed by atoms with van der Waals surface area (Å²) in [4.78, 5) is 29.3. The van der Waals surface area contributed by atoms with Crippen molar-refractivity contribution in [2.75, 3.05) is 32.8 Å². The van der Waals surface area contributed by atoms with Crippen molar-refractivity contribution >= 4 is 11.8 Å². The molecule has 1 aromatic carbocycles. The lowest BCUT2D eigenvalue weighted by atomic mass is 9.62. The fourth-order valence-electron chi connectivity index (χ4n) is 7.66. The molecule has 5 aliphatic rings. The maximum atomic E-state index is 13.2. The number of carbonyl (C=O) groups excluding carboxylic acids is 2. The van der Waals surface area contributed by atoms with Crippen LogP contribution in [0.25, 0.3) is 0 Å². The Bertz CT molecular complexity index is 932. The number of benzene rings is 1. The molecule has 3 saturated heterocycles. The van der Waals surface area contributed by atoms with E-state index < -0.39 is 0 Å². The lowest BCUT2D eigenvalue weighted by Gasteiger charge is -2.45. The molecular formula is C29H42N4O3. The Morgan fingerprint density at radius 2 is 1.50 bits per heavy atom. The quantitative estimate of drug-likeness (QED) is 0.623. The van der Waals surface area contributed by atoms with Gasteiger partial charge in [-0.2, -0.15) is 0 Å². The second-order valence-electron chi connectivity index (χ2n) is 11.7. The van der Waals surface area contributed by atoms with Gasteiger partial charge in [0.2, 0.25) is 0 Å². The lowest BCUT2D eigenvalue weighted by Crippen LogP contribution is -2.54. The standard InChI is InChI=1S/C29H42N4O3/c34-27(32-16-18-33(19-17-32)28(35)25-14-20-36-25)22-12-10-21(11-13-22)26-24-9-5-6-15-29(24,31-30-26)23-7-3-1-2-4-8-23/h10-13,23-26,30-31H,1-9,14-20H2. The minimum absolute atomic E-state index is 0.0662. The molecule has 2 saturated carbocycles. The number of ether oxygens (including phenoxy) is 1. The zero-order chi connectivity index (χ0) is 24.5. The molecule has 2 N–H and O–H groups in total. The average molecular weight is 495 g/mol. The Hall–Kier alpha value is -1.96. The second kappa shape index (κ2) is 10.4. The van der Waals surface area contributed by atoms with Gasteiger partial charge in [-0.1, -0.05) is 50.7 Å². The number of nitrogens with one attached hydrogen (secondary N) is 2. The zero-order valence-corrected chi connectivity index (χ0v) is 21.6. The molecule has 3 aliphatic heterocycles. The molecule has 0 radical (unpaired) electrons. The maximum Gasteiger partial charge on any atom is 0.253 e. The topological polar surface area (TPSA) is 73.9 Å². The molecule has 4 atom stereocenters. The van der Waals surface area contributed by atoms with Crippen LogP contribution in [0, 0.1) is 11.8 Å². The summed E-state index contributed by atoms with van der Waals surface area (Å²) in [6, 6.07) is 8.65.